The van der Waals surface area contributed by atoms with Gasteiger partial charge in [0.1, 0.15) is 11.1 Å². The maximum absolute atomic E-state index is 12.5. The van der Waals surface area contributed by atoms with Crippen LogP contribution in [-0.2, 0) is 13.5 Å². The number of fused-ring (bicyclic) bond motifs is 5. The molecule has 1 aromatic carbocycles. The van der Waals surface area contributed by atoms with E-state index in [-0.39, 0.29) is 17.0 Å². The van der Waals surface area contributed by atoms with Crippen LogP contribution in [0.2, 0.25) is 0 Å². The highest BCUT2D eigenvalue weighted by atomic mass is 16.4. The molecule has 0 spiro atoms. The van der Waals surface area contributed by atoms with Crippen LogP contribution >= 0.6 is 0 Å². The summed E-state index contributed by atoms with van der Waals surface area (Å²) in [6.07, 6.45) is 5.91. The van der Waals surface area contributed by atoms with E-state index >= 15 is 0 Å². The molecule has 0 fully saturated rings. The smallest absolute Gasteiger partial charge is 0.341 e. The molecule has 31 heavy (non-hydrogen) atoms. The molecule has 0 aliphatic carbocycles. The summed E-state index contributed by atoms with van der Waals surface area (Å²) in [4.78, 5) is 24.1. The monoisotopic (exact) mass is 417 g/mol. The summed E-state index contributed by atoms with van der Waals surface area (Å²) in [5, 5.41) is 14.7. The predicted molar refractivity (Wildman–Crippen MR) is 117 cm³/mol. The highest BCUT2D eigenvalue weighted by Crippen LogP contribution is 2.46. The number of aryl methyl sites for hydroxylation is 1. The molecule has 158 valence electrons. The van der Waals surface area contributed by atoms with Crippen LogP contribution < -0.4 is 5.43 Å². The fraction of sp³-hybridized carbons (Fsp3) is 0.292. The van der Waals surface area contributed by atoms with Crippen molar-refractivity contribution in [1.82, 2.24) is 14.3 Å². The zero-order chi connectivity index (χ0) is 22.1. The number of furan rings is 1. The standard InChI is InChI=1S/C24H23N3O4/c1-24(2,3)21-8-16-15-6-5-13(14-10-25-26(4)11-14)7-20(15)31-22(16)18-9-19(28)17(23(29)30)12-27(18)21/h5-7,9-12,21H,8H2,1-4H3,(H,29,30)/t21-/m0/s1. The molecule has 3 aromatic heterocycles. The van der Waals surface area contributed by atoms with Crippen LogP contribution in [0.1, 0.15) is 42.7 Å². The molecule has 1 N–H and O–H groups in total. The second-order valence-corrected chi connectivity index (χ2v) is 9.26. The molecule has 1 aliphatic rings. The zero-order valence-electron chi connectivity index (χ0n) is 17.8. The third kappa shape index (κ3) is 3.00. The van der Waals surface area contributed by atoms with Crippen molar-refractivity contribution in [2.45, 2.75) is 33.2 Å². The fourth-order valence-corrected chi connectivity index (χ4v) is 4.47. The molecule has 4 heterocycles. The van der Waals surface area contributed by atoms with E-state index in [0.29, 0.717) is 17.9 Å². The molecule has 5 rings (SSSR count). The maximum atomic E-state index is 12.5. The number of carboxylic acids is 1. The maximum Gasteiger partial charge on any atom is 0.341 e. The van der Waals surface area contributed by atoms with E-state index in [0.717, 1.165) is 27.7 Å². The lowest BCUT2D eigenvalue weighted by atomic mass is 9.79. The number of hydrogen-bond donors (Lipinski definition) is 1. The summed E-state index contributed by atoms with van der Waals surface area (Å²) >= 11 is 0. The van der Waals surface area contributed by atoms with Gasteiger partial charge in [-0.05, 0) is 23.5 Å². The average molecular weight is 417 g/mol. The van der Waals surface area contributed by atoms with Crippen LogP contribution in [0, 0.1) is 5.41 Å². The number of carbonyl (C=O) groups is 1. The molecule has 7 nitrogen and oxygen atoms in total. The second-order valence-electron chi connectivity index (χ2n) is 9.26. The van der Waals surface area contributed by atoms with E-state index in [2.05, 4.69) is 38.0 Å². The summed E-state index contributed by atoms with van der Waals surface area (Å²) in [5.41, 5.74) is 3.50. The summed E-state index contributed by atoms with van der Waals surface area (Å²) in [5.74, 6) is -0.586. The zero-order valence-corrected chi connectivity index (χ0v) is 17.8. The summed E-state index contributed by atoms with van der Waals surface area (Å²) in [7, 11) is 1.88. The van der Waals surface area contributed by atoms with Crippen molar-refractivity contribution >= 4 is 16.9 Å². The van der Waals surface area contributed by atoms with E-state index in [9.17, 15) is 14.7 Å². The number of rotatable bonds is 2. The summed E-state index contributed by atoms with van der Waals surface area (Å²) in [6, 6.07) is 7.47. The van der Waals surface area contributed by atoms with E-state index in [1.165, 1.54) is 12.3 Å². The average Bonchev–Trinajstić information content (AvgIpc) is 3.29. The molecule has 0 unspecified atom stereocenters. The number of hydrogen-bond acceptors (Lipinski definition) is 4. The Hall–Kier alpha value is -3.61. The molecule has 1 aliphatic heterocycles. The number of carboxylic acid groups (broad SMARTS) is 1. The lowest BCUT2D eigenvalue weighted by Crippen LogP contribution is -2.32. The Kier molecular flexibility index (Phi) is 4.02. The Labute approximate surface area is 178 Å². The van der Waals surface area contributed by atoms with E-state index in [4.69, 9.17) is 4.42 Å². The van der Waals surface area contributed by atoms with E-state index < -0.39 is 11.4 Å². The first kappa shape index (κ1) is 19.4. The lowest BCUT2D eigenvalue weighted by Gasteiger charge is -2.37. The van der Waals surface area contributed by atoms with Crippen LogP contribution in [0.15, 0.2) is 52.1 Å². The molecule has 0 saturated carbocycles. The minimum absolute atomic E-state index is 0.0208. The lowest BCUT2D eigenvalue weighted by molar-refractivity contribution is 0.0693. The minimum atomic E-state index is -1.22. The summed E-state index contributed by atoms with van der Waals surface area (Å²) in [6.45, 7) is 6.36. The van der Waals surface area contributed by atoms with Gasteiger partial charge >= 0.3 is 5.97 Å². The number of nitrogens with zero attached hydrogens (tertiary/aromatic N) is 3. The molecule has 0 amide bonds. The SMILES string of the molecule is Cn1cc(-c2ccc3c4c(oc3c2)-c2cc(=O)c(C(=O)O)cn2[C@H](C(C)(C)C)C4)cn1. The first-order valence-corrected chi connectivity index (χ1v) is 10.2. The Bertz CT molecular complexity index is 1420. The number of aromatic carboxylic acids is 1. The predicted octanol–water partition coefficient (Wildman–Crippen LogP) is 4.50. The van der Waals surface area contributed by atoms with Gasteiger partial charge in [-0.15, -0.1) is 0 Å². The number of aromatic nitrogens is 3. The van der Waals surface area contributed by atoms with Gasteiger partial charge in [0.2, 0.25) is 0 Å². The second kappa shape index (κ2) is 6.44. The fourth-order valence-electron chi connectivity index (χ4n) is 4.47. The van der Waals surface area contributed by atoms with Gasteiger partial charge in [0, 0.05) is 48.1 Å². The molecule has 4 aromatic rings. The molecule has 7 heteroatoms. The van der Waals surface area contributed by atoms with Crippen LogP contribution in [0.5, 0.6) is 0 Å². The van der Waals surface area contributed by atoms with Crippen LogP contribution in [0.25, 0.3) is 33.6 Å². The van der Waals surface area contributed by atoms with Crippen molar-refractivity contribution in [2.24, 2.45) is 12.5 Å². The van der Waals surface area contributed by atoms with E-state index in [1.54, 1.807) is 4.68 Å². The Balaban J connectivity index is 1.75. The van der Waals surface area contributed by atoms with Gasteiger partial charge in [0.25, 0.3) is 0 Å². The Morgan fingerprint density at radius 2 is 1.97 bits per heavy atom. The van der Waals surface area contributed by atoms with Crippen molar-refractivity contribution in [3.8, 4) is 22.6 Å². The van der Waals surface area contributed by atoms with Crippen LogP contribution in [0.4, 0.5) is 0 Å². The first-order chi connectivity index (χ1) is 14.6. The van der Waals surface area contributed by atoms with Gasteiger partial charge in [0.05, 0.1) is 11.9 Å². The number of pyridine rings is 1. The van der Waals surface area contributed by atoms with Gasteiger partial charge < -0.3 is 14.1 Å². The van der Waals surface area contributed by atoms with Gasteiger partial charge in [-0.1, -0.05) is 32.9 Å². The van der Waals surface area contributed by atoms with Crippen molar-refractivity contribution in [2.75, 3.05) is 0 Å². The van der Waals surface area contributed by atoms with Crippen molar-refractivity contribution in [3.63, 3.8) is 0 Å². The van der Waals surface area contributed by atoms with Crippen molar-refractivity contribution in [3.05, 3.63) is 64.2 Å². The molecule has 0 saturated heterocycles. The molecule has 0 bridgehead atoms. The largest absolute Gasteiger partial charge is 0.477 e. The van der Waals surface area contributed by atoms with E-state index in [1.807, 2.05) is 30.1 Å². The van der Waals surface area contributed by atoms with Gasteiger partial charge in [0.15, 0.2) is 11.2 Å². The topological polar surface area (TPSA) is 90.3 Å². The minimum Gasteiger partial charge on any atom is -0.477 e. The summed E-state index contributed by atoms with van der Waals surface area (Å²) < 4.78 is 9.92. The molecule has 1 atom stereocenters. The third-order valence-electron chi connectivity index (χ3n) is 6.11. The molecular weight excluding hydrogens is 394 g/mol. The van der Waals surface area contributed by atoms with Crippen LogP contribution in [0.3, 0.4) is 0 Å². The number of benzene rings is 1. The third-order valence-corrected chi connectivity index (χ3v) is 6.11. The van der Waals surface area contributed by atoms with Gasteiger partial charge in [-0.25, -0.2) is 4.79 Å². The quantitative estimate of drug-likeness (QED) is 0.518. The molecular formula is C24H23N3O4. The highest BCUT2D eigenvalue weighted by Gasteiger charge is 2.36. The van der Waals surface area contributed by atoms with Gasteiger partial charge in [-0.3, -0.25) is 9.48 Å². The molecule has 0 radical (unpaired) electrons. The normalized spacial score (nSPS) is 15.7. The Morgan fingerprint density at radius 3 is 2.61 bits per heavy atom. The highest BCUT2D eigenvalue weighted by molar-refractivity contribution is 5.92. The van der Waals surface area contributed by atoms with Crippen molar-refractivity contribution < 1.29 is 14.3 Å². The van der Waals surface area contributed by atoms with Gasteiger partial charge in [-0.2, -0.15) is 5.10 Å². The van der Waals surface area contributed by atoms with Crippen LogP contribution in [-0.4, -0.2) is 25.4 Å². The van der Waals surface area contributed by atoms with Crippen molar-refractivity contribution in [1.29, 1.82) is 0 Å². The first-order valence-electron chi connectivity index (χ1n) is 10.2. The Morgan fingerprint density at radius 1 is 1.19 bits per heavy atom.